The Morgan fingerprint density at radius 1 is 1.31 bits per heavy atom. The van der Waals surface area contributed by atoms with Gasteiger partial charge in [0.05, 0.1) is 17.6 Å². The number of benzene rings is 1. The number of imidazole rings is 1. The molecule has 0 saturated heterocycles. The van der Waals surface area contributed by atoms with E-state index in [0.717, 1.165) is 16.9 Å². The first kappa shape index (κ1) is 11.1. The summed E-state index contributed by atoms with van der Waals surface area (Å²) < 4.78 is 2.07. The zero-order valence-electron chi connectivity index (χ0n) is 10.4. The van der Waals surface area contributed by atoms with Crippen LogP contribution in [0.4, 0.5) is 0 Å². The maximum absolute atomic E-state index is 5.66. The molecule has 0 atom stereocenters. The zero-order chi connectivity index (χ0) is 11.9. The number of nitrogens with zero attached hydrogens (tertiary/aromatic N) is 2. The Bertz CT molecular complexity index is 518. The largest absolute Gasteiger partial charge is 0.330 e. The number of fused-ring (bicyclic) bond motifs is 1. The highest BCUT2D eigenvalue weighted by atomic mass is 15.1. The predicted molar refractivity (Wildman–Crippen MR) is 67.3 cm³/mol. The van der Waals surface area contributed by atoms with E-state index < -0.39 is 0 Å². The van der Waals surface area contributed by atoms with Crippen molar-refractivity contribution in [3.05, 3.63) is 29.6 Å². The molecule has 0 aliphatic rings. The average molecular weight is 217 g/mol. The second-order valence-corrected chi connectivity index (χ2v) is 5.24. The molecule has 0 spiro atoms. The molecule has 2 aromatic rings. The van der Waals surface area contributed by atoms with Crippen molar-refractivity contribution < 1.29 is 0 Å². The fraction of sp³-hybridized carbons (Fsp3) is 0.462. The summed E-state index contributed by atoms with van der Waals surface area (Å²) in [6.45, 7) is 7.13. The second-order valence-electron chi connectivity index (χ2n) is 5.24. The van der Waals surface area contributed by atoms with Crippen molar-refractivity contribution in [3.8, 4) is 0 Å². The van der Waals surface area contributed by atoms with Crippen LogP contribution in [0.5, 0.6) is 0 Å². The smallest absolute Gasteiger partial charge is 0.123 e. The first-order chi connectivity index (χ1) is 7.43. The standard InChI is InChI=1S/C13H19N3/c1-13(2,3)9-5-6-10-11(7-9)16(4)12(8-14)15-10/h5-7H,8,14H2,1-4H3. The van der Waals surface area contributed by atoms with Crippen LogP contribution in [-0.4, -0.2) is 9.55 Å². The van der Waals surface area contributed by atoms with Crippen LogP contribution in [0.2, 0.25) is 0 Å². The molecule has 2 N–H and O–H groups in total. The Balaban J connectivity index is 2.66. The van der Waals surface area contributed by atoms with Gasteiger partial charge < -0.3 is 10.3 Å². The number of hydrogen-bond donors (Lipinski definition) is 1. The van der Waals surface area contributed by atoms with Crippen LogP contribution in [0, 0.1) is 0 Å². The molecule has 1 heterocycles. The van der Waals surface area contributed by atoms with E-state index in [1.165, 1.54) is 5.56 Å². The van der Waals surface area contributed by atoms with Gasteiger partial charge in [0.25, 0.3) is 0 Å². The Morgan fingerprint density at radius 3 is 2.56 bits per heavy atom. The van der Waals surface area contributed by atoms with Crippen molar-refractivity contribution in [1.29, 1.82) is 0 Å². The van der Waals surface area contributed by atoms with E-state index in [4.69, 9.17) is 5.73 Å². The summed E-state index contributed by atoms with van der Waals surface area (Å²) in [4.78, 5) is 4.49. The van der Waals surface area contributed by atoms with Gasteiger partial charge in [-0.25, -0.2) is 4.98 Å². The van der Waals surface area contributed by atoms with E-state index >= 15 is 0 Å². The summed E-state index contributed by atoms with van der Waals surface area (Å²) in [6, 6.07) is 6.44. The van der Waals surface area contributed by atoms with Gasteiger partial charge >= 0.3 is 0 Å². The number of aromatic nitrogens is 2. The molecule has 0 fully saturated rings. The topological polar surface area (TPSA) is 43.8 Å². The van der Waals surface area contributed by atoms with E-state index in [9.17, 15) is 0 Å². The number of aryl methyl sites for hydroxylation is 1. The molecule has 1 aromatic carbocycles. The van der Waals surface area contributed by atoms with Gasteiger partial charge in [0.1, 0.15) is 5.82 Å². The van der Waals surface area contributed by atoms with Crippen molar-refractivity contribution in [3.63, 3.8) is 0 Å². The van der Waals surface area contributed by atoms with Gasteiger partial charge in [-0.05, 0) is 23.1 Å². The molecule has 0 amide bonds. The van der Waals surface area contributed by atoms with Crippen LogP contribution >= 0.6 is 0 Å². The second kappa shape index (κ2) is 3.59. The van der Waals surface area contributed by atoms with E-state index in [1.807, 2.05) is 7.05 Å². The molecule has 3 heteroatoms. The Labute approximate surface area is 96.3 Å². The molecule has 86 valence electrons. The molecule has 2 rings (SSSR count). The van der Waals surface area contributed by atoms with Crippen molar-refractivity contribution in [1.82, 2.24) is 9.55 Å². The maximum atomic E-state index is 5.66. The first-order valence-corrected chi connectivity index (χ1v) is 5.59. The molecule has 0 aliphatic carbocycles. The highest BCUT2D eigenvalue weighted by Crippen LogP contribution is 2.26. The first-order valence-electron chi connectivity index (χ1n) is 5.59. The van der Waals surface area contributed by atoms with Crippen LogP contribution in [0.15, 0.2) is 18.2 Å². The summed E-state index contributed by atoms with van der Waals surface area (Å²) in [7, 11) is 2.02. The Kier molecular flexibility index (Phi) is 2.50. The molecular formula is C13H19N3. The number of rotatable bonds is 1. The maximum Gasteiger partial charge on any atom is 0.123 e. The third kappa shape index (κ3) is 1.71. The van der Waals surface area contributed by atoms with E-state index in [2.05, 4.69) is 48.5 Å². The summed E-state index contributed by atoms with van der Waals surface area (Å²) in [5.74, 6) is 0.932. The van der Waals surface area contributed by atoms with Gasteiger partial charge in [-0.2, -0.15) is 0 Å². The molecule has 0 radical (unpaired) electrons. The predicted octanol–water partition coefficient (Wildman–Crippen LogP) is 2.33. The Morgan fingerprint density at radius 2 is 2.00 bits per heavy atom. The van der Waals surface area contributed by atoms with Crippen molar-refractivity contribution in [2.24, 2.45) is 12.8 Å². The third-order valence-corrected chi connectivity index (χ3v) is 3.02. The molecule has 0 saturated carbocycles. The SMILES string of the molecule is Cn1c(CN)nc2ccc(C(C)(C)C)cc21. The minimum atomic E-state index is 0.168. The van der Waals surface area contributed by atoms with Crippen molar-refractivity contribution in [2.45, 2.75) is 32.7 Å². The van der Waals surface area contributed by atoms with Crippen LogP contribution in [-0.2, 0) is 19.0 Å². The lowest BCUT2D eigenvalue weighted by atomic mass is 9.87. The van der Waals surface area contributed by atoms with E-state index in [0.29, 0.717) is 6.54 Å². The highest BCUT2D eigenvalue weighted by Gasteiger charge is 2.15. The van der Waals surface area contributed by atoms with Gasteiger partial charge in [-0.15, -0.1) is 0 Å². The van der Waals surface area contributed by atoms with Gasteiger partial charge in [-0.1, -0.05) is 26.8 Å². The third-order valence-electron chi connectivity index (χ3n) is 3.02. The lowest BCUT2D eigenvalue weighted by Crippen LogP contribution is -2.11. The molecule has 0 unspecified atom stereocenters. The highest BCUT2D eigenvalue weighted by molar-refractivity contribution is 5.77. The molecule has 1 aromatic heterocycles. The van der Waals surface area contributed by atoms with Crippen LogP contribution in [0.1, 0.15) is 32.2 Å². The van der Waals surface area contributed by atoms with Crippen LogP contribution in [0.3, 0.4) is 0 Å². The van der Waals surface area contributed by atoms with Crippen LogP contribution in [0.25, 0.3) is 11.0 Å². The fourth-order valence-electron chi connectivity index (χ4n) is 1.89. The molecule has 16 heavy (non-hydrogen) atoms. The monoisotopic (exact) mass is 217 g/mol. The lowest BCUT2D eigenvalue weighted by Gasteiger charge is -2.18. The Hall–Kier alpha value is -1.35. The molecule has 0 bridgehead atoms. The van der Waals surface area contributed by atoms with Gasteiger partial charge in [0, 0.05) is 7.05 Å². The van der Waals surface area contributed by atoms with Gasteiger partial charge in [-0.3, -0.25) is 0 Å². The lowest BCUT2D eigenvalue weighted by molar-refractivity contribution is 0.590. The van der Waals surface area contributed by atoms with E-state index in [-0.39, 0.29) is 5.41 Å². The summed E-state index contributed by atoms with van der Waals surface area (Å²) >= 11 is 0. The molecule has 0 aliphatic heterocycles. The normalized spacial score (nSPS) is 12.3. The molecular weight excluding hydrogens is 198 g/mol. The summed E-state index contributed by atoms with van der Waals surface area (Å²) in [5.41, 5.74) is 9.33. The van der Waals surface area contributed by atoms with Crippen LogP contribution < -0.4 is 5.73 Å². The van der Waals surface area contributed by atoms with Crippen molar-refractivity contribution >= 4 is 11.0 Å². The summed E-state index contributed by atoms with van der Waals surface area (Å²) in [5, 5.41) is 0. The summed E-state index contributed by atoms with van der Waals surface area (Å²) in [6.07, 6.45) is 0. The minimum Gasteiger partial charge on any atom is -0.330 e. The fourth-order valence-corrected chi connectivity index (χ4v) is 1.89. The van der Waals surface area contributed by atoms with Crippen molar-refractivity contribution in [2.75, 3.05) is 0 Å². The number of hydrogen-bond acceptors (Lipinski definition) is 2. The van der Waals surface area contributed by atoms with Gasteiger partial charge in [0.15, 0.2) is 0 Å². The zero-order valence-corrected chi connectivity index (χ0v) is 10.4. The quantitative estimate of drug-likeness (QED) is 0.796. The minimum absolute atomic E-state index is 0.168. The molecule has 3 nitrogen and oxygen atoms in total. The van der Waals surface area contributed by atoms with Gasteiger partial charge in [0.2, 0.25) is 0 Å². The van der Waals surface area contributed by atoms with E-state index in [1.54, 1.807) is 0 Å². The average Bonchev–Trinajstić information content (AvgIpc) is 2.54. The number of nitrogens with two attached hydrogens (primary N) is 1.